The second-order valence-corrected chi connectivity index (χ2v) is 7.28. The van der Waals surface area contributed by atoms with E-state index in [0.717, 1.165) is 0 Å². The van der Waals surface area contributed by atoms with Crippen LogP contribution in [0.1, 0.15) is 24.6 Å². The molecule has 3 rings (SSSR count). The van der Waals surface area contributed by atoms with Crippen LogP contribution in [0.4, 0.5) is 0 Å². The van der Waals surface area contributed by atoms with Gasteiger partial charge in [-0.3, -0.25) is 4.98 Å². The van der Waals surface area contributed by atoms with Crippen molar-refractivity contribution in [3.8, 4) is 0 Å². The van der Waals surface area contributed by atoms with E-state index >= 15 is 0 Å². The molecule has 0 aliphatic heterocycles. The molecule has 0 amide bonds. The van der Waals surface area contributed by atoms with Crippen molar-refractivity contribution in [3.63, 3.8) is 0 Å². The first kappa shape index (κ1) is 15.1. The van der Waals surface area contributed by atoms with Gasteiger partial charge in [-0.1, -0.05) is 6.07 Å². The minimum absolute atomic E-state index is 0.0178. The van der Waals surface area contributed by atoms with Crippen LogP contribution < -0.4 is 4.72 Å². The van der Waals surface area contributed by atoms with Crippen molar-refractivity contribution in [2.24, 2.45) is 13.0 Å². The fourth-order valence-electron chi connectivity index (χ4n) is 2.62. The number of rotatable bonds is 5. The van der Waals surface area contributed by atoms with Crippen LogP contribution in [0, 0.1) is 5.92 Å². The predicted octanol–water partition coefficient (Wildman–Crippen LogP) is 0.606. The van der Waals surface area contributed by atoms with Gasteiger partial charge in [0.2, 0.25) is 0 Å². The number of sulfonamides is 1. The standard InChI is InChI=1S/C14H18N4O3S/c1-18-8-13(16-9-18)22(20,21)17-14(10-6-11(19)7-10)12-4-2-3-5-15-12/h2-5,8-11,14,17,19H,6-7H2,1H3/t10?,11?,14-/m1/s1. The summed E-state index contributed by atoms with van der Waals surface area (Å²) in [7, 11) is -2.02. The molecule has 2 heterocycles. The molecule has 2 aromatic rings. The second kappa shape index (κ2) is 5.79. The molecule has 0 aromatic carbocycles. The SMILES string of the molecule is Cn1cnc(S(=O)(=O)N[C@@H](c2ccccn2)C2CC(O)C2)c1. The smallest absolute Gasteiger partial charge is 0.260 e. The fourth-order valence-corrected chi connectivity index (χ4v) is 3.87. The molecule has 1 saturated carbocycles. The molecule has 1 aliphatic rings. The zero-order chi connectivity index (χ0) is 15.7. The van der Waals surface area contributed by atoms with Gasteiger partial charge in [-0.05, 0) is 30.9 Å². The van der Waals surface area contributed by atoms with E-state index in [9.17, 15) is 13.5 Å². The average Bonchev–Trinajstić information content (AvgIpc) is 2.90. The van der Waals surface area contributed by atoms with E-state index in [2.05, 4.69) is 14.7 Å². The molecule has 1 aliphatic carbocycles. The normalized spacial score (nSPS) is 23.0. The number of aryl methyl sites for hydroxylation is 1. The minimum atomic E-state index is -3.73. The van der Waals surface area contributed by atoms with Gasteiger partial charge < -0.3 is 9.67 Å². The van der Waals surface area contributed by atoms with Crippen molar-refractivity contribution in [1.29, 1.82) is 0 Å². The van der Waals surface area contributed by atoms with E-state index < -0.39 is 16.1 Å². The molecular formula is C14H18N4O3S. The van der Waals surface area contributed by atoms with Crippen molar-refractivity contribution in [1.82, 2.24) is 19.3 Å². The number of nitrogens with zero attached hydrogens (tertiary/aromatic N) is 3. The number of hydrogen-bond acceptors (Lipinski definition) is 5. The Labute approximate surface area is 129 Å². The van der Waals surface area contributed by atoms with Crippen molar-refractivity contribution in [2.45, 2.75) is 30.0 Å². The van der Waals surface area contributed by atoms with Crippen LogP contribution in [-0.2, 0) is 17.1 Å². The Kier molecular flexibility index (Phi) is 3.98. The van der Waals surface area contributed by atoms with Crippen LogP contribution in [0.3, 0.4) is 0 Å². The maximum atomic E-state index is 12.5. The molecule has 22 heavy (non-hydrogen) atoms. The van der Waals surface area contributed by atoms with Gasteiger partial charge in [0.1, 0.15) is 0 Å². The third-order valence-corrected chi connectivity index (χ3v) is 5.19. The fraction of sp³-hybridized carbons (Fsp3) is 0.429. The van der Waals surface area contributed by atoms with Crippen LogP contribution in [0.5, 0.6) is 0 Å². The van der Waals surface area contributed by atoms with Crippen LogP contribution >= 0.6 is 0 Å². The molecule has 0 bridgehead atoms. The summed E-state index contributed by atoms with van der Waals surface area (Å²) in [4.78, 5) is 8.15. The molecule has 2 N–H and O–H groups in total. The van der Waals surface area contributed by atoms with Crippen LogP contribution in [0.2, 0.25) is 0 Å². The van der Waals surface area contributed by atoms with Crippen molar-refractivity contribution < 1.29 is 13.5 Å². The summed E-state index contributed by atoms with van der Waals surface area (Å²) < 4.78 is 29.2. The topological polar surface area (TPSA) is 97.1 Å². The van der Waals surface area contributed by atoms with Gasteiger partial charge in [0.05, 0.1) is 24.2 Å². The van der Waals surface area contributed by atoms with E-state index in [1.807, 2.05) is 6.07 Å². The van der Waals surface area contributed by atoms with Gasteiger partial charge in [0.15, 0.2) is 5.03 Å². The molecule has 1 fully saturated rings. The first-order valence-electron chi connectivity index (χ1n) is 7.05. The van der Waals surface area contributed by atoms with Gasteiger partial charge in [-0.25, -0.2) is 18.1 Å². The summed E-state index contributed by atoms with van der Waals surface area (Å²) in [5.41, 5.74) is 0.652. The summed E-state index contributed by atoms with van der Waals surface area (Å²) >= 11 is 0. The monoisotopic (exact) mass is 322 g/mol. The number of imidazole rings is 1. The molecule has 0 saturated heterocycles. The van der Waals surface area contributed by atoms with Gasteiger partial charge in [-0.2, -0.15) is 0 Å². The number of nitrogens with one attached hydrogen (secondary N) is 1. The Morgan fingerprint density at radius 3 is 2.68 bits per heavy atom. The number of hydrogen-bond donors (Lipinski definition) is 2. The van der Waals surface area contributed by atoms with Crippen LogP contribution in [0.25, 0.3) is 0 Å². The summed E-state index contributed by atoms with van der Waals surface area (Å²) in [5.74, 6) is 0.0309. The Balaban J connectivity index is 1.87. The first-order valence-corrected chi connectivity index (χ1v) is 8.53. The average molecular weight is 322 g/mol. The Morgan fingerprint density at radius 2 is 2.14 bits per heavy atom. The molecular weight excluding hydrogens is 304 g/mol. The lowest BCUT2D eigenvalue weighted by atomic mass is 9.76. The van der Waals surface area contributed by atoms with Crippen LogP contribution in [0.15, 0.2) is 41.9 Å². The molecule has 2 aromatic heterocycles. The third-order valence-electron chi connectivity index (χ3n) is 3.87. The van der Waals surface area contributed by atoms with Crippen molar-refractivity contribution >= 4 is 10.0 Å². The number of aromatic nitrogens is 3. The van der Waals surface area contributed by atoms with E-state index in [0.29, 0.717) is 18.5 Å². The summed E-state index contributed by atoms with van der Waals surface area (Å²) in [6.07, 6.45) is 5.28. The Hall–Kier alpha value is -1.77. The molecule has 7 nitrogen and oxygen atoms in total. The lowest BCUT2D eigenvalue weighted by Crippen LogP contribution is -2.41. The maximum Gasteiger partial charge on any atom is 0.260 e. The zero-order valence-electron chi connectivity index (χ0n) is 12.1. The lowest BCUT2D eigenvalue weighted by molar-refractivity contribution is 0.0273. The van der Waals surface area contributed by atoms with Crippen molar-refractivity contribution in [2.75, 3.05) is 0 Å². The van der Waals surface area contributed by atoms with E-state index in [4.69, 9.17) is 0 Å². The summed E-state index contributed by atoms with van der Waals surface area (Å²) in [6, 6.07) is 4.93. The van der Waals surface area contributed by atoms with Gasteiger partial charge in [0, 0.05) is 19.4 Å². The first-order chi connectivity index (χ1) is 10.5. The van der Waals surface area contributed by atoms with E-state index in [-0.39, 0.29) is 17.0 Å². The Bertz CT molecular complexity index is 738. The molecule has 118 valence electrons. The molecule has 1 atom stereocenters. The zero-order valence-corrected chi connectivity index (χ0v) is 12.9. The Morgan fingerprint density at radius 1 is 1.36 bits per heavy atom. The molecule has 0 unspecified atom stereocenters. The third kappa shape index (κ3) is 3.03. The highest BCUT2D eigenvalue weighted by Gasteiger charge is 2.38. The predicted molar refractivity (Wildman–Crippen MR) is 79.2 cm³/mol. The molecule has 8 heteroatoms. The van der Waals surface area contributed by atoms with E-state index in [1.165, 1.54) is 12.5 Å². The van der Waals surface area contributed by atoms with Crippen molar-refractivity contribution in [3.05, 3.63) is 42.6 Å². The minimum Gasteiger partial charge on any atom is -0.393 e. The summed E-state index contributed by atoms with van der Waals surface area (Å²) in [5, 5.41) is 9.50. The summed E-state index contributed by atoms with van der Waals surface area (Å²) in [6.45, 7) is 0. The van der Waals surface area contributed by atoms with Gasteiger partial charge in [-0.15, -0.1) is 0 Å². The second-order valence-electron chi connectivity index (χ2n) is 5.62. The van der Waals surface area contributed by atoms with Gasteiger partial charge in [0.25, 0.3) is 10.0 Å². The molecule has 0 spiro atoms. The number of aliphatic hydroxyl groups excluding tert-OH is 1. The highest BCUT2D eigenvalue weighted by Crippen LogP contribution is 2.38. The lowest BCUT2D eigenvalue weighted by Gasteiger charge is -2.37. The number of aliphatic hydroxyl groups is 1. The number of pyridine rings is 1. The van der Waals surface area contributed by atoms with E-state index in [1.54, 1.807) is 29.9 Å². The molecule has 0 radical (unpaired) electrons. The maximum absolute atomic E-state index is 12.5. The largest absolute Gasteiger partial charge is 0.393 e. The van der Waals surface area contributed by atoms with Crippen LogP contribution in [-0.4, -0.2) is 34.2 Å². The van der Waals surface area contributed by atoms with Gasteiger partial charge >= 0.3 is 0 Å². The highest BCUT2D eigenvalue weighted by atomic mass is 32.2. The highest BCUT2D eigenvalue weighted by molar-refractivity contribution is 7.89. The quantitative estimate of drug-likeness (QED) is 0.840.